The summed E-state index contributed by atoms with van der Waals surface area (Å²) in [7, 11) is 0. The first-order chi connectivity index (χ1) is 7.66. The van der Waals surface area contributed by atoms with E-state index in [0.29, 0.717) is 5.15 Å². The van der Waals surface area contributed by atoms with Gasteiger partial charge in [0.25, 0.3) is 0 Å². The first-order valence-electron chi connectivity index (χ1n) is 4.65. The third-order valence-corrected chi connectivity index (χ3v) is 4.89. The first kappa shape index (κ1) is 10.4. The van der Waals surface area contributed by atoms with E-state index in [1.165, 1.54) is 16.6 Å². The molecule has 0 saturated carbocycles. The van der Waals surface area contributed by atoms with Crippen LogP contribution in [0.15, 0.2) is 22.9 Å². The molecule has 0 aliphatic heterocycles. The van der Waals surface area contributed by atoms with E-state index in [0.717, 1.165) is 20.1 Å². The number of hydrogen-bond donors (Lipinski definition) is 0. The van der Waals surface area contributed by atoms with E-state index in [2.05, 4.69) is 45.0 Å². The average molecular weight is 314 g/mol. The predicted molar refractivity (Wildman–Crippen MR) is 72.4 cm³/mol. The van der Waals surface area contributed by atoms with Gasteiger partial charge in [0.2, 0.25) is 0 Å². The molecule has 2 aromatic heterocycles. The summed E-state index contributed by atoms with van der Waals surface area (Å²) >= 11 is 11.2. The SMILES string of the molecule is Cc1cc2sc3c(Cl)ncnc3c2cc1Br. The van der Waals surface area contributed by atoms with Crippen molar-refractivity contribution >= 4 is 59.2 Å². The van der Waals surface area contributed by atoms with Crippen molar-refractivity contribution in [2.24, 2.45) is 0 Å². The molecule has 0 spiro atoms. The van der Waals surface area contributed by atoms with Crippen LogP contribution in [-0.4, -0.2) is 9.97 Å². The zero-order chi connectivity index (χ0) is 11.3. The van der Waals surface area contributed by atoms with Crippen LogP contribution >= 0.6 is 38.9 Å². The lowest BCUT2D eigenvalue weighted by molar-refractivity contribution is 1.23. The molecule has 0 atom stereocenters. The number of aromatic nitrogens is 2. The van der Waals surface area contributed by atoms with E-state index >= 15 is 0 Å². The summed E-state index contributed by atoms with van der Waals surface area (Å²) in [6.45, 7) is 2.07. The Balaban J connectivity index is 2.56. The number of hydrogen-bond acceptors (Lipinski definition) is 3. The molecule has 0 radical (unpaired) electrons. The van der Waals surface area contributed by atoms with Gasteiger partial charge >= 0.3 is 0 Å². The molecule has 5 heteroatoms. The summed E-state index contributed by atoms with van der Waals surface area (Å²) in [5, 5.41) is 1.65. The van der Waals surface area contributed by atoms with Gasteiger partial charge in [0.1, 0.15) is 11.5 Å². The summed E-state index contributed by atoms with van der Waals surface area (Å²) in [6.07, 6.45) is 1.50. The highest BCUT2D eigenvalue weighted by molar-refractivity contribution is 9.10. The molecule has 0 N–H and O–H groups in total. The largest absolute Gasteiger partial charge is 0.235 e. The second-order valence-electron chi connectivity index (χ2n) is 3.54. The number of thiophene rings is 1. The molecule has 16 heavy (non-hydrogen) atoms. The Labute approximate surface area is 109 Å². The summed E-state index contributed by atoms with van der Waals surface area (Å²) < 4.78 is 3.24. The van der Waals surface area contributed by atoms with E-state index in [9.17, 15) is 0 Å². The zero-order valence-electron chi connectivity index (χ0n) is 8.29. The molecular formula is C11H6BrClN2S. The molecule has 2 nitrogen and oxygen atoms in total. The van der Waals surface area contributed by atoms with Crippen LogP contribution in [0.4, 0.5) is 0 Å². The maximum absolute atomic E-state index is 6.06. The second kappa shape index (κ2) is 3.65. The third-order valence-electron chi connectivity index (χ3n) is 2.49. The fourth-order valence-electron chi connectivity index (χ4n) is 1.67. The number of aryl methyl sites for hydroxylation is 1. The average Bonchev–Trinajstić information content (AvgIpc) is 2.59. The molecule has 2 heterocycles. The zero-order valence-corrected chi connectivity index (χ0v) is 11.4. The molecule has 3 aromatic rings. The van der Waals surface area contributed by atoms with Crippen molar-refractivity contribution in [1.29, 1.82) is 0 Å². The maximum atomic E-state index is 6.06. The highest BCUT2D eigenvalue weighted by Crippen LogP contribution is 2.37. The highest BCUT2D eigenvalue weighted by Gasteiger charge is 2.11. The first-order valence-corrected chi connectivity index (χ1v) is 6.64. The summed E-state index contributed by atoms with van der Waals surface area (Å²) in [4.78, 5) is 8.30. The van der Waals surface area contributed by atoms with Crippen molar-refractivity contribution in [3.8, 4) is 0 Å². The minimum atomic E-state index is 0.528. The van der Waals surface area contributed by atoms with Crippen LogP contribution in [0.5, 0.6) is 0 Å². The van der Waals surface area contributed by atoms with Crippen molar-refractivity contribution in [1.82, 2.24) is 9.97 Å². The smallest absolute Gasteiger partial charge is 0.150 e. The van der Waals surface area contributed by atoms with E-state index < -0.39 is 0 Å². The van der Waals surface area contributed by atoms with Crippen LogP contribution in [0.1, 0.15) is 5.56 Å². The van der Waals surface area contributed by atoms with Gasteiger partial charge in [-0.25, -0.2) is 9.97 Å². The van der Waals surface area contributed by atoms with Crippen LogP contribution in [0.3, 0.4) is 0 Å². The van der Waals surface area contributed by atoms with Crippen molar-refractivity contribution in [2.75, 3.05) is 0 Å². The minimum Gasteiger partial charge on any atom is -0.235 e. The number of nitrogens with zero attached hydrogens (tertiary/aromatic N) is 2. The van der Waals surface area contributed by atoms with Gasteiger partial charge in [-0.3, -0.25) is 0 Å². The quantitative estimate of drug-likeness (QED) is 0.568. The Hall–Kier alpha value is -0.710. The molecule has 0 saturated heterocycles. The summed E-state index contributed by atoms with van der Waals surface area (Å²) in [6, 6.07) is 4.23. The Bertz CT molecular complexity index is 708. The van der Waals surface area contributed by atoms with Gasteiger partial charge in [0.05, 0.1) is 10.2 Å². The minimum absolute atomic E-state index is 0.528. The van der Waals surface area contributed by atoms with Crippen LogP contribution in [-0.2, 0) is 0 Å². The fourth-order valence-corrected chi connectivity index (χ4v) is 3.38. The van der Waals surface area contributed by atoms with Gasteiger partial charge in [-0.15, -0.1) is 11.3 Å². The molecule has 0 amide bonds. The topological polar surface area (TPSA) is 25.8 Å². The molecule has 3 rings (SSSR count). The molecule has 80 valence electrons. The monoisotopic (exact) mass is 312 g/mol. The number of benzene rings is 1. The van der Waals surface area contributed by atoms with Gasteiger partial charge in [-0.05, 0) is 24.6 Å². The Kier molecular flexibility index (Phi) is 2.38. The van der Waals surface area contributed by atoms with E-state index in [4.69, 9.17) is 11.6 Å². The summed E-state index contributed by atoms with van der Waals surface area (Å²) in [5.74, 6) is 0. The molecule has 0 aliphatic rings. The fraction of sp³-hybridized carbons (Fsp3) is 0.0909. The van der Waals surface area contributed by atoms with Gasteiger partial charge in [-0.1, -0.05) is 27.5 Å². The Morgan fingerprint density at radius 3 is 2.94 bits per heavy atom. The lowest BCUT2D eigenvalue weighted by Gasteiger charge is -1.97. The Morgan fingerprint density at radius 2 is 2.12 bits per heavy atom. The lowest BCUT2D eigenvalue weighted by Crippen LogP contribution is -1.79. The maximum Gasteiger partial charge on any atom is 0.150 e. The van der Waals surface area contributed by atoms with Crippen molar-refractivity contribution < 1.29 is 0 Å². The molecule has 0 fully saturated rings. The van der Waals surface area contributed by atoms with Crippen LogP contribution < -0.4 is 0 Å². The van der Waals surface area contributed by atoms with Crippen LogP contribution in [0.25, 0.3) is 20.3 Å². The Morgan fingerprint density at radius 1 is 1.31 bits per heavy atom. The lowest BCUT2D eigenvalue weighted by atomic mass is 10.2. The van der Waals surface area contributed by atoms with E-state index in [-0.39, 0.29) is 0 Å². The summed E-state index contributed by atoms with van der Waals surface area (Å²) in [5.41, 5.74) is 2.14. The van der Waals surface area contributed by atoms with Crippen molar-refractivity contribution in [3.63, 3.8) is 0 Å². The predicted octanol–water partition coefficient (Wildman–Crippen LogP) is 4.57. The molecule has 0 aliphatic carbocycles. The normalized spacial score (nSPS) is 11.4. The van der Waals surface area contributed by atoms with Gasteiger partial charge < -0.3 is 0 Å². The van der Waals surface area contributed by atoms with Gasteiger partial charge in [-0.2, -0.15) is 0 Å². The van der Waals surface area contributed by atoms with Crippen molar-refractivity contribution in [3.05, 3.63) is 33.6 Å². The van der Waals surface area contributed by atoms with Crippen molar-refractivity contribution in [2.45, 2.75) is 6.92 Å². The van der Waals surface area contributed by atoms with Crippen LogP contribution in [0, 0.1) is 6.92 Å². The molecule has 0 bridgehead atoms. The number of halogens is 2. The standard InChI is InChI=1S/C11H6BrClN2S/c1-5-2-8-6(3-7(5)12)9-10(16-8)11(13)15-4-14-9/h2-4H,1H3. The molecular weight excluding hydrogens is 308 g/mol. The van der Waals surface area contributed by atoms with Gasteiger partial charge in [0, 0.05) is 14.6 Å². The highest BCUT2D eigenvalue weighted by atomic mass is 79.9. The molecule has 1 aromatic carbocycles. The second-order valence-corrected chi connectivity index (χ2v) is 5.81. The van der Waals surface area contributed by atoms with Crippen LogP contribution in [0.2, 0.25) is 5.15 Å². The molecule has 0 unspecified atom stereocenters. The van der Waals surface area contributed by atoms with E-state index in [1.807, 2.05) is 0 Å². The van der Waals surface area contributed by atoms with Gasteiger partial charge in [0.15, 0.2) is 0 Å². The number of fused-ring (bicyclic) bond motifs is 3. The van der Waals surface area contributed by atoms with E-state index in [1.54, 1.807) is 11.3 Å². The third kappa shape index (κ3) is 1.44. The number of rotatable bonds is 0.